The Kier molecular flexibility index (Phi) is 3.92. The highest BCUT2D eigenvalue weighted by molar-refractivity contribution is 5.49. The molecule has 4 N–H and O–H groups in total. The molecule has 4 nitrogen and oxygen atoms in total. The van der Waals surface area contributed by atoms with Gasteiger partial charge in [0.05, 0.1) is 0 Å². The SMILES string of the molecule is Nc1cc(F)ccc1C1NCCN2CC(CO)CCC12. The molecule has 5 heteroatoms. The minimum absolute atomic E-state index is 0.156. The number of nitrogens with one attached hydrogen (secondary N) is 1. The van der Waals surface area contributed by atoms with Gasteiger partial charge in [-0.15, -0.1) is 0 Å². The molecule has 0 aliphatic carbocycles. The summed E-state index contributed by atoms with van der Waals surface area (Å²) in [7, 11) is 0. The monoisotopic (exact) mass is 279 g/mol. The van der Waals surface area contributed by atoms with E-state index in [1.807, 2.05) is 0 Å². The summed E-state index contributed by atoms with van der Waals surface area (Å²) in [5.74, 6) is 0.0958. The molecule has 2 heterocycles. The maximum atomic E-state index is 13.2. The van der Waals surface area contributed by atoms with Crippen molar-refractivity contribution < 1.29 is 9.50 Å². The van der Waals surface area contributed by atoms with Crippen molar-refractivity contribution in [3.8, 4) is 0 Å². The van der Waals surface area contributed by atoms with E-state index in [-0.39, 0.29) is 18.5 Å². The molecule has 3 atom stereocenters. The third kappa shape index (κ3) is 2.53. The zero-order valence-corrected chi connectivity index (χ0v) is 11.6. The van der Waals surface area contributed by atoms with Crippen molar-refractivity contribution in [2.75, 3.05) is 32.0 Å². The number of nitrogens with two attached hydrogens (primary N) is 1. The van der Waals surface area contributed by atoms with E-state index in [1.165, 1.54) is 12.1 Å². The topological polar surface area (TPSA) is 61.5 Å². The van der Waals surface area contributed by atoms with Crippen LogP contribution >= 0.6 is 0 Å². The maximum Gasteiger partial charge on any atom is 0.125 e. The number of nitrogen functional groups attached to an aromatic ring is 1. The largest absolute Gasteiger partial charge is 0.398 e. The number of halogens is 1. The molecule has 0 amide bonds. The number of hydrogen-bond donors (Lipinski definition) is 3. The summed E-state index contributed by atoms with van der Waals surface area (Å²) in [5.41, 5.74) is 7.50. The molecular weight excluding hydrogens is 257 g/mol. The first-order valence-corrected chi connectivity index (χ1v) is 7.32. The standard InChI is InChI=1S/C15H22FN3O/c16-11-2-3-12(13(17)7-11)15-14-4-1-10(9-20)8-19(14)6-5-18-15/h2-3,7,10,14-15,18,20H,1,4-6,8-9,17H2. The molecule has 1 aromatic carbocycles. The molecule has 0 radical (unpaired) electrons. The van der Waals surface area contributed by atoms with Crippen LogP contribution in [0.3, 0.4) is 0 Å². The highest BCUT2D eigenvalue weighted by Gasteiger charge is 2.37. The molecule has 20 heavy (non-hydrogen) atoms. The number of benzene rings is 1. The molecule has 2 aliphatic heterocycles. The van der Waals surface area contributed by atoms with Crippen LogP contribution < -0.4 is 11.1 Å². The first kappa shape index (κ1) is 13.8. The third-order valence-electron chi connectivity index (χ3n) is 4.62. The lowest BCUT2D eigenvalue weighted by molar-refractivity contribution is 0.0355. The van der Waals surface area contributed by atoms with Gasteiger partial charge in [0.1, 0.15) is 5.82 Å². The van der Waals surface area contributed by atoms with Gasteiger partial charge in [0.2, 0.25) is 0 Å². The number of aliphatic hydroxyl groups is 1. The molecule has 3 unspecified atom stereocenters. The van der Waals surface area contributed by atoms with E-state index in [0.717, 1.165) is 38.0 Å². The Morgan fingerprint density at radius 1 is 1.40 bits per heavy atom. The summed E-state index contributed by atoms with van der Waals surface area (Å²) >= 11 is 0. The number of anilines is 1. The Bertz CT molecular complexity index is 482. The van der Waals surface area contributed by atoms with Gasteiger partial charge in [-0.1, -0.05) is 6.07 Å². The van der Waals surface area contributed by atoms with Gasteiger partial charge in [0, 0.05) is 44.0 Å². The number of hydrogen-bond acceptors (Lipinski definition) is 4. The van der Waals surface area contributed by atoms with Crippen molar-refractivity contribution in [3.05, 3.63) is 29.6 Å². The van der Waals surface area contributed by atoms with Crippen LogP contribution in [0.15, 0.2) is 18.2 Å². The second kappa shape index (κ2) is 5.68. The van der Waals surface area contributed by atoms with Crippen molar-refractivity contribution in [1.82, 2.24) is 10.2 Å². The smallest absolute Gasteiger partial charge is 0.125 e. The number of piperazine rings is 1. The second-order valence-electron chi connectivity index (χ2n) is 5.89. The Hall–Kier alpha value is -1.17. The minimum atomic E-state index is -0.289. The van der Waals surface area contributed by atoms with Crippen LogP contribution in [-0.4, -0.2) is 42.3 Å². The fourth-order valence-corrected chi connectivity index (χ4v) is 3.58. The molecule has 1 aromatic rings. The lowest BCUT2D eigenvalue weighted by Gasteiger charge is -2.47. The third-order valence-corrected chi connectivity index (χ3v) is 4.62. The highest BCUT2D eigenvalue weighted by atomic mass is 19.1. The molecule has 0 spiro atoms. The van der Waals surface area contributed by atoms with Crippen LogP contribution in [0.2, 0.25) is 0 Å². The predicted molar refractivity (Wildman–Crippen MR) is 76.7 cm³/mol. The number of aliphatic hydroxyl groups excluding tert-OH is 1. The Morgan fingerprint density at radius 3 is 3.00 bits per heavy atom. The highest BCUT2D eigenvalue weighted by Crippen LogP contribution is 2.34. The lowest BCUT2D eigenvalue weighted by atomic mass is 9.85. The van der Waals surface area contributed by atoms with Crippen LogP contribution in [0.5, 0.6) is 0 Å². The minimum Gasteiger partial charge on any atom is -0.398 e. The molecule has 0 bridgehead atoms. The zero-order chi connectivity index (χ0) is 14.1. The summed E-state index contributed by atoms with van der Waals surface area (Å²) in [6.45, 7) is 3.11. The number of fused-ring (bicyclic) bond motifs is 1. The summed E-state index contributed by atoms with van der Waals surface area (Å²) < 4.78 is 13.2. The fourth-order valence-electron chi connectivity index (χ4n) is 3.58. The van der Waals surface area contributed by atoms with Crippen LogP contribution in [0.1, 0.15) is 24.4 Å². The Labute approximate surface area is 118 Å². The van der Waals surface area contributed by atoms with E-state index in [9.17, 15) is 9.50 Å². The molecular formula is C15H22FN3O. The second-order valence-corrected chi connectivity index (χ2v) is 5.89. The van der Waals surface area contributed by atoms with Crippen molar-refractivity contribution in [2.24, 2.45) is 5.92 Å². The van der Waals surface area contributed by atoms with Gasteiger partial charge in [-0.25, -0.2) is 4.39 Å². The van der Waals surface area contributed by atoms with Gasteiger partial charge in [0.15, 0.2) is 0 Å². The average Bonchev–Trinajstić information content (AvgIpc) is 2.46. The molecule has 2 fully saturated rings. The first-order chi connectivity index (χ1) is 9.69. The van der Waals surface area contributed by atoms with E-state index < -0.39 is 0 Å². The molecule has 0 aromatic heterocycles. The molecule has 2 aliphatic rings. The Balaban J connectivity index is 1.83. The molecule has 2 saturated heterocycles. The van der Waals surface area contributed by atoms with Gasteiger partial charge < -0.3 is 16.2 Å². The lowest BCUT2D eigenvalue weighted by Crippen LogP contribution is -2.57. The number of piperidine rings is 1. The van der Waals surface area contributed by atoms with Crippen LogP contribution in [-0.2, 0) is 0 Å². The van der Waals surface area contributed by atoms with Gasteiger partial charge >= 0.3 is 0 Å². The summed E-state index contributed by atoms with van der Waals surface area (Å²) in [6, 6.07) is 5.22. The van der Waals surface area contributed by atoms with E-state index in [0.29, 0.717) is 17.6 Å². The summed E-state index contributed by atoms with van der Waals surface area (Å²) in [5, 5.41) is 12.9. The maximum absolute atomic E-state index is 13.2. The van der Waals surface area contributed by atoms with E-state index in [1.54, 1.807) is 6.07 Å². The molecule has 110 valence electrons. The van der Waals surface area contributed by atoms with Gasteiger partial charge in [0.25, 0.3) is 0 Å². The van der Waals surface area contributed by atoms with E-state index >= 15 is 0 Å². The fraction of sp³-hybridized carbons (Fsp3) is 0.600. The molecule has 3 rings (SSSR count). The van der Waals surface area contributed by atoms with Crippen molar-refractivity contribution >= 4 is 5.69 Å². The van der Waals surface area contributed by atoms with Crippen LogP contribution in [0.4, 0.5) is 10.1 Å². The quantitative estimate of drug-likeness (QED) is 0.710. The number of rotatable bonds is 2. The Morgan fingerprint density at radius 2 is 2.25 bits per heavy atom. The van der Waals surface area contributed by atoms with E-state index in [4.69, 9.17) is 5.73 Å². The van der Waals surface area contributed by atoms with Gasteiger partial charge in [-0.05, 0) is 36.5 Å². The number of nitrogens with zero attached hydrogens (tertiary/aromatic N) is 1. The van der Waals surface area contributed by atoms with Crippen molar-refractivity contribution in [3.63, 3.8) is 0 Å². The predicted octanol–water partition coefficient (Wildman–Crippen LogP) is 1.13. The van der Waals surface area contributed by atoms with Crippen molar-refractivity contribution in [1.29, 1.82) is 0 Å². The van der Waals surface area contributed by atoms with Crippen LogP contribution in [0, 0.1) is 11.7 Å². The van der Waals surface area contributed by atoms with Crippen molar-refractivity contribution in [2.45, 2.75) is 24.9 Å². The van der Waals surface area contributed by atoms with Gasteiger partial charge in [-0.2, -0.15) is 0 Å². The zero-order valence-electron chi connectivity index (χ0n) is 11.6. The first-order valence-electron chi connectivity index (χ1n) is 7.32. The summed E-state index contributed by atoms with van der Waals surface area (Å²) in [6.07, 6.45) is 2.08. The van der Waals surface area contributed by atoms with Gasteiger partial charge in [-0.3, -0.25) is 4.90 Å². The summed E-state index contributed by atoms with van der Waals surface area (Å²) in [4.78, 5) is 2.44. The van der Waals surface area contributed by atoms with Crippen LogP contribution in [0.25, 0.3) is 0 Å². The average molecular weight is 279 g/mol. The normalized spacial score (nSPS) is 31.0. The van der Waals surface area contributed by atoms with E-state index in [2.05, 4.69) is 10.2 Å². The molecule has 0 saturated carbocycles.